The zero-order valence-corrected chi connectivity index (χ0v) is 8.88. The van der Waals surface area contributed by atoms with E-state index in [0.717, 1.165) is 6.61 Å². The number of hydrogen-bond acceptors (Lipinski definition) is 2. The summed E-state index contributed by atoms with van der Waals surface area (Å²) in [6.45, 7) is 7.82. The molecule has 1 unspecified atom stereocenters. The lowest BCUT2D eigenvalue weighted by Crippen LogP contribution is -2.48. The highest BCUT2D eigenvalue weighted by atomic mass is 16.5. The van der Waals surface area contributed by atoms with Crippen LogP contribution in [-0.2, 0) is 4.74 Å². The van der Waals surface area contributed by atoms with Gasteiger partial charge in [0.2, 0.25) is 0 Å². The van der Waals surface area contributed by atoms with E-state index < -0.39 is 0 Å². The van der Waals surface area contributed by atoms with Gasteiger partial charge in [0, 0.05) is 12.1 Å². The quantitative estimate of drug-likeness (QED) is 0.664. The second-order valence-electron chi connectivity index (χ2n) is 4.40. The second-order valence-corrected chi connectivity index (χ2v) is 4.40. The Morgan fingerprint density at radius 3 is 2.46 bits per heavy atom. The second kappa shape index (κ2) is 3.58. The normalized spacial score (nSPS) is 29.1. The lowest BCUT2D eigenvalue weighted by atomic mass is 9.88. The van der Waals surface area contributed by atoms with E-state index in [1.54, 1.807) is 0 Å². The van der Waals surface area contributed by atoms with Crippen molar-refractivity contribution in [3.63, 3.8) is 0 Å². The monoisotopic (exact) mass is 183 g/mol. The lowest BCUT2D eigenvalue weighted by Gasteiger charge is -2.37. The molecule has 0 aliphatic carbocycles. The number of rotatable bonds is 3. The smallest absolute Gasteiger partial charge is 0.0730 e. The van der Waals surface area contributed by atoms with E-state index in [1.165, 1.54) is 38.8 Å². The van der Waals surface area contributed by atoms with Crippen molar-refractivity contribution in [1.29, 1.82) is 0 Å². The minimum absolute atomic E-state index is 0.427. The number of hydrogen-bond donors (Lipinski definition) is 0. The van der Waals surface area contributed by atoms with Crippen molar-refractivity contribution in [3.05, 3.63) is 0 Å². The van der Waals surface area contributed by atoms with Crippen molar-refractivity contribution < 1.29 is 4.74 Å². The van der Waals surface area contributed by atoms with Crippen molar-refractivity contribution in [2.75, 3.05) is 19.7 Å². The Morgan fingerprint density at radius 2 is 1.92 bits per heavy atom. The maximum atomic E-state index is 5.79. The zero-order valence-electron chi connectivity index (χ0n) is 8.88. The summed E-state index contributed by atoms with van der Waals surface area (Å²) in [4.78, 5) is 2.66. The minimum Gasteiger partial charge on any atom is -0.377 e. The summed E-state index contributed by atoms with van der Waals surface area (Å²) in [5.74, 6) is 0. The zero-order chi connectivity index (χ0) is 9.31. The molecule has 0 N–H and O–H groups in total. The van der Waals surface area contributed by atoms with E-state index in [1.807, 2.05) is 0 Å². The first-order chi connectivity index (χ1) is 6.29. The van der Waals surface area contributed by atoms with Gasteiger partial charge in [-0.15, -0.1) is 0 Å². The van der Waals surface area contributed by atoms with Crippen LogP contribution in [0.15, 0.2) is 0 Å². The molecule has 2 aliphatic heterocycles. The maximum absolute atomic E-state index is 5.79. The van der Waals surface area contributed by atoms with Gasteiger partial charge in [-0.3, -0.25) is 4.90 Å². The summed E-state index contributed by atoms with van der Waals surface area (Å²) in [6.07, 6.45) is 5.89. The van der Waals surface area contributed by atoms with E-state index in [2.05, 4.69) is 18.7 Å². The molecule has 0 amide bonds. The van der Waals surface area contributed by atoms with Gasteiger partial charge in [0.1, 0.15) is 0 Å². The third-order valence-electron chi connectivity index (χ3n) is 3.88. The van der Waals surface area contributed by atoms with Crippen LogP contribution in [0.25, 0.3) is 0 Å². The molecule has 0 saturated carbocycles. The molecule has 0 aromatic carbocycles. The first-order valence-electron chi connectivity index (χ1n) is 5.66. The van der Waals surface area contributed by atoms with Crippen molar-refractivity contribution in [1.82, 2.24) is 4.90 Å². The Morgan fingerprint density at radius 1 is 1.31 bits per heavy atom. The van der Waals surface area contributed by atoms with Crippen molar-refractivity contribution in [2.45, 2.75) is 51.2 Å². The van der Waals surface area contributed by atoms with Gasteiger partial charge in [-0.2, -0.15) is 0 Å². The highest BCUT2D eigenvalue weighted by Crippen LogP contribution is 2.42. The Labute approximate surface area is 81.3 Å². The summed E-state index contributed by atoms with van der Waals surface area (Å²) in [5.41, 5.74) is 0.427. The van der Waals surface area contributed by atoms with E-state index in [4.69, 9.17) is 4.74 Å². The molecular formula is C11H21NO. The average molecular weight is 183 g/mol. The Bertz CT molecular complexity index is 171. The molecule has 76 valence electrons. The summed E-state index contributed by atoms with van der Waals surface area (Å²) < 4.78 is 5.79. The van der Waals surface area contributed by atoms with Crippen LogP contribution in [0, 0.1) is 0 Å². The summed E-state index contributed by atoms with van der Waals surface area (Å²) in [6, 6.07) is 0. The van der Waals surface area contributed by atoms with Gasteiger partial charge in [0.15, 0.2) is 0 Å². The van der Waals surface area contributed by atoms with Crippen LogP contribution in [0.2, 0.25) is 0 Å². The first kappa shape index (κ1) is 9.47. The van der Waals surface area contributed by atoms with Gasteiger partial charge < -0.3 is 4.74 Å². The molecule has 0 spiro atoms. The van der Waals surface area contributed by atoms with Crippen LogP contribution < -0.4 is 0 Å². The molecule has 2 aliphatic rings. The fourth-order valence-electron chi connectivity index (χ4n) is 3.22. The Hall–Kier alpha value is -0.0800. The molecule has 2 rings (SSSR count). The van der Waals surface area contributed by atoms with Crippen molar-refractivity contribution >= 4 is 0 Å². The number of fused-ring (bicyclic) bond motifs is 1. The standard InChI is InChI=1S/C11H21NO/c1-3-13-10(2)11-6-4-8-12(11)9-5-7-11/h10H,3-9H2,1-2H3. The highest BCUT2D eigenvalue weighted by molar-refractivity contribution is 5.03. The van der Waals surface area contributed by atoms with Crippen LogP contribution in [0.4, 0.5) is 0 Å². The molecule has 2 nitrogen and oxygen atoms in total. The van der Waals surface area contributed by atoms with Gasteiger partial charge in [-0.05, 0) is 52.6 Å². The topological polar surface area (TPSA) is 12.5 Å². The SMILES string of the molecule is CCOC(C)C12CCCN1CCC2. The molecule has 2 heterocycles. The van der Waals surface area contributed by atoms with Gasteiger partial charge in [0.25, 0.3) is 0 Å². The third-order valence-corrected chi connectivity index (χ3v) is 3.88. The molecule has 0 radical (unpaired) electrons. The fourth-order valence-corrected chi connectivity index (χ4v) is 3.22. The van der Waals surface area contributed by atoms with E-state index in [-0.39, 0.29) is 0 Å². The number of ether oxygens (including phenoxy) is 1. The van der Waals surface area contributed by atoms with Gasteiger partial charge >= 0.3 is 0 Å². The number of nitrogens with zero attached hydrogens (tertiary/aromatic N) is 1. The van der Waals surface area contributed by atoms with Gasteiger partial charge in [0.05, 0.1) is 6.10 Å². The minimum atomic E-state index is 0.427. The third kappa shape index (κ3) is 1.40. The Kier molecular flexibility index (Phi) is 2.61. The lowest BCUT2D eigenvalue weighted by molar-refractivity contribution is -0.0261. The van der Waals surface area contributed by atoms with Crippen LogP contribution in [0.1, 0.15) is 39.5 Å². The van der Waals surface area contributed by atoms with Gasteiger partial charge in [-0.25, -0.2) is 0 Å². The Balaban J connectivity index is 2.08. The van der Waals surface area contributed by atoms with E-state index in [0.29, 0.717) is 11.6 Å². The maximum Gasteiger partial charge on any atom is 0.0730 e. The molecule has 2 heteroatoms. The molecule has 13 heavy (non-hydrogen) atoms. The predicted octanol–water partition coefficient (Wildman–Crippen LogP) is 2.04. The van der Waals surface area contributed by atoms with Crippen LogP contribution in [-0.4, -0.2) is 36.2 Å². The first-order valence-corrected chi connectivity index (χ1v) is 5.66. The summed E-state index contributed by atoms with van der Waals surface area (Å²) >= 11 is 0. The van der Waals surface area contributed by atoms with Crippen LogP contribution in [0.5, 0.6) is 0 Å². The molecular weight excluding hydrogens is 162 g/mol. The molecule has 1 atom stereocenters. The van der Waals surface area contributed by atoms with E-state index >= 15 is 0 Å². The largest absolute Gasteiger partial charge is 0.377 e. The van der Waals surface area contributed by atoms with Crippen LogP contribution in [0.3, 0.4) is 0 Å². The molecule has 0 aromatic rings. The molecule has 0 aromatic heterocycles. The average Bonchev–Trinajstić information content (AvgIpc) is 2.61. The van der Waals surface area contributed by atoms with Crippen molar-refractivity contribution in [2.24, 2.45) is 0 Å². The molecule has 2 fully saturated rings. The highest BCUT2D eigenvalue weighted by Gasteiger charge is 2.48. The van der Waals surface area contributed by atoms with E-state index in [9.17, 15) is 0 Å². The molecule has 0 bridgehead atoms. The van der Waals surface area contributed by atoms with Crippen molar-refractivity contribution in [3.8, 4) is 0 Å². The predicted molar refractivity (Wildman–Crippen MR) is 53.9 cm³/mol. The molecule has 2 saturated heterocycles. The van der Waals surface area contributed by atoms with Gasteiger partial charge in [-0.1, -0.05) is 0 Å². The van der Waals surface area contributed by atoms with Crippen LogP contribution >= 0.6 is 0 Å². The summed E-state index contributed by atoms with van der Waals surface area (Å²) in [5, 5.41) is 0. The fraction of sp³-hybridized carbons (Fsp3) is 1.00. The summed E-state index contributed by atoms with van der Waals surface area (Å²) in [7, 11) is 0.